The molecule has 0 heterocycles. The Morgan fingerprint density at radius 1 is 0.900 bits per heavy atom. The molecule has 106 valence electrons. The number of rotatable bonds is 5. The van der Waals surface area contributed by atoms with Crippen LogP contribution in [0.2, 0.25) is 0 Å². The summed E-state index contributed by atoms with van der Waals surface area (Å²) < 4.78 is 6.28. The third kappa shape index (κ3) is 3.61. The van der Waals surface area contributed by atoms with Gasteiger partial charge < -0.3 is 9.64 Å². The highest BCUT2D eigenvalue weighted by Crippen LogP contribution is 2.27. The number of likely N-dealkylation sites (N-methyl/N-ethyl adjacent to an activating group) is 1. The Hall–Kier alpha value is -1.80. The minimum absolute atomic E-state index is 0.0484. The summed E-state index contributed by atoms with van der Waals surface area (Å²) in [5, 5.41) is 0. The number of hydrogen-bond acceptors (Lipinski definition) is 2. The molecule has 2 nitrogen and oxygen atoms in total. The fraction of sp³-hybridized carbons (Fsp3) is 0.333. The maximum absolute atomic E-state index is 6.28. The number of benzene rings is 2. The average molecular weight is 269 g/mol. The summed E-state index contributed by atoms with van der Waals surface area (Å²) in [6, 6.07) is 16.6. The van der Waals surface area contributed by atoms with Gasteiger partial charge in [0.05, 0.1) is 0 Å². The fourth-order valence-electron chi connectivity index (χ4n) is 2.32. The Labute approximate surface area is 122 Å². The molecule has 0 N–H and O–H groups in total. The minimum Gasteiger partial charge on any atom is -0.484 e. The first-order chi connectivity index (χ1) is 9.58. The number of nitrogens with zero attached hydrogens (tertiary/aromatic N) is 1. The molecule has 1 atom stereocenters. The Kier molecular flexibility index (Phi) is 4.80. The lowest BCUT2D eigenvalue weighted by Crippen LogP contribution is -2.25. The molecule has 20 heavy (non-hydrogen) atoms. The van der Waals surface area contributed by atoms with Crippen LogP contribution in [0.15, 0.2) is 48.5 Å². The Bertz CT molecular complexity index is 563. The van der Waals surface area contributed by atoms with Gasteiger partial charge in [-0.2, -0.15) is 0 Å². The zero-order chi connectivity index (χ0) is 14.5. The van der Waals surface area contributed by atoms with E-state index in [4.69, 9.17) is 4.74 Å². The van der Waals surface area contributed by atoms with E-state index in [1.54, 1.807) is 0 Å². The maximum atomic E-state index is 6.28. The number of aryl methyl sites for hydroxylation is 2. The van der Waals surface area contributed by atoms with E-state index in [2.05, 4.69) is 63.2 Å². The third-order valence-electron chi connectivity index (χ3n) is 3.43. The molecule has 0 aromatic heterocycles. The lowest BCUT2D eigenvalue weighted by molar-refractivity contribution is 0.160. The van der Waals surface area contributed by atoms with Crippen LogP contribution in [0.5, 0.6) is 5.75 Å². The van der Waals surface area contributed by atoms with Crippen LogP contribution in [0.25, 0.3) is 0 Å². The van der Waals surface area contributed by atoms with Crippen LogP contribution in [-0.4, -0.2) is 25.5 Å². The van der Waals surface area contributed by atoms with Crippen LogP contribution in [0.3, 0.4) is 0 Å². The van der Waals surface area contributed by atoms with Crippen molar-refractivity contribution >= 4 is 0 Å². The molecule has 2 heteroatoms. The SMILES string of the molecule is Cc1ccccc1OC(CN(C)C)c1ccccc1C. The van der Waals surface area contributed by atoms with Crippen molar-refractivity contribution in [2.45, 2.75) is 20.0 Å². The molecular formula is C18H23NO. The summed E-state index contributed by atoms with van der Waals surface area (Å²) in [5.74, 6) is 0.961. The van der Waals surface area contributed by atoms with Gasteiger partial charge in [-0.1, -0.05) is 42.5 Å². The zero-order valence-electron chi connectivity index (χ0n) is 12.8. The molecule has 0 radical (unpaired) electrons. The lowest BCUT2D eigenvalue weighted by Gasteiger charge is -2.25. The Morgan fingerprint density at radius 2 is 1.50 bits per heavy atom. The van der Waals surface area contributed by atoms with Gasteiger partial charge in [0.1, 0.15) is 11.9 Å². The number of para-hydroxylation sites is 1. The van der Waals surface area contributed by atoms with Crippen molar-refractivity contribution in [1.29, 1.82) is 0 Å². The first kappa shape index (κ1) is 14.6. The van der Waals surface area contributed by atoms with Crippen molar-refractivity contribution in [3.8, 4) is 5.75 Å². The molecule has 0 spiro atoms. The molecule has 0 aliphatic carbocycles. The van der Waals surface area contributed by atoms with Crippen LogP contribution in [0, 0.1) is 13.8 Å². The van der Waals surface area contributed by atoms with E-state index in [1.165, 1.54) is 16.7 Å². The van der Waals surface area contributed by atoms with Crippen molar-refractivity contribution in [3.05, 3.63) is 65.2 Å². The highest BCUT2D eigenvalue weighted by atomic mass is 16.5. The quantitative estimate of drug-likeness (QED) is 0.814. The van der Waals surface area contributed by atoms with E-state index in [9.17, 15) is 0 Å². The van der Waals surface area contributed by atoms with E-state index >= 15 is 0 Å². The van der Waals surface area contributed by atoms with Gasteiger partial charge in [0.2, 0.25) is 0 Å². The molecule has 0 aliphatic heterocycles. The van der Waals surface area contributed by atoms with Crippen molar-refractivity contribution in [2.24, 2.45) is 0 Å². The molecule has 2 aromatic rings. The van der Waals surface area contributed by atoms with Gasteiger partial charge in [0.25, 0.3) is 0 Å². The van der Waals surface area contributed by atoms with Gasteiger partial charge in [-0.3, -0.25) is 0 Å². The van der Waals surface area contributed by atoms with E-state index < -0.39 is 0 Å². The largest absolute Gasteiger partial charge is 0.484 e. The third-order valence-corrected chi connectivity index (χ3v) is 3.43. The van der Waals surface area contributed by atoms with E-state index in [-0.39, 0.29) is 6.10 Å². The fourth-order valence-corrected chi connectivity index (χ4v) is 2.32. The average Bonchev–Trinajstić information content (AvgIpc) is 2.40. The standard InChI is InChI=1S/C18H23NO/c1-14-9-5-7-11-16(14)18(13-19(3)4)20-17-12-8-6-10-15(17)2/h5-12,18H,13H2,1-4H3. The van der Waals surface area contributed by atoms with Gasteiger partial charge in [0, 0.05) is 6.54 Å². The first-order valence-electron chi connectivity index (χ1n) is 7.00. The van der Waals surface area contributed by atoms with Gasteiger partial charge in [-0.05, 0) is 50.7 Å². The number of hydrogen-bond donors (Lipinski definition) is 0. The maximum Gasteiger partial charge on any atom is 0.137 e. The Morgan fingerprint density at radius 3 is 2.10 bits per heavy atom. The Balaban J connectivity index is 2.29. The van der Waals surface area contributed by atoms with Crippen molar-refractivity contribution in [1.82, 2.24) is 4.90 Å². The second-order valence-corrected chi connectivity index (χ2v) is 5.49. The van der Waals surface area contributed by atoms with Crippen LogP contribution in [0.1, 0.15) is 22.8 Å². The summed E-state index contributed by atoms with van der Waals surface area (Å²) in [5.41, 5.74) is 3.70. The molecule has 0 fully saturated rings. The highest BCUT2D eigenvalue weighted by Gasteiger charge is 2.17. The normalized spacial score (nSPS) is 12.4. The molecule has 0 saturated carbocycles. The molecule has 0 bridgehead atoms. The molecule has 0 saturated heterocycles. The van der Waals surface area contributed by atoms with Crippen molar-refractivity contribution in [2.75, 3.05) is 20.6 Å². The first-order valence-corrected chi connectivity index (χ1v) is 7.00. The van der Waals surface area contributed by atoms with Crippen LogP contribution in [-0.2, 0) is 0 Å². The van der Waals surface area contributed by atoms with Crippen molar-refractivity contribution in [3.63, 3.8) is 0 Å². The summed E-state index contributed by atoms with van der Waals surface area (Å²) in [4.78, 5) is 2.16. The predicted octanol–water partition coefficient (Wildman–Crippen LogP) is 3.99. The lowest BCUT2D eigenvalue weighted by atomic mass is 10.0. The molecule has 0 amide bonds. The summed E-state index contributed by atoms with van der Waals surface area (Å²) >= 11 is 0. The summed E-state index contributed by atoms with van der Waals surface area (Å²) in [6.07, 6.45) is 0.0484. The molecule has 0 aliphatic rings. The molecule has 2 aromatic carbocycles. The summed E-state index contributed by atoms with van der Waals surface area (Å²) in [7, 11) is 4.15. The van der Waals surface area contributed by atoms with E-state index in [1.807, 2.05) is 18.2 Å². The predicted molar refractivity (Wildman–Crippen MR) is 84.3 cm³/mol. The van der Waals surface area contributed by atoms with Gasteiger partial charge >= 0.3 is 0 Å². The minimum atomic E-state index is 0.0484. The monoisotopic (exact) mass is 269 g/mol. The topological polar surface area (TPSA) is 12.5 Å². The van der Waals surface area contributed by atoms with Gasteiger partial charge in [-0.15, -0.1) is 0 Å². The smallest absolute Gasteiger partial charge is 0.137 e. The summed E-state index contributed by atoms with van der Waals surface area (Å²) in [6.45, 7) is 5.08. The van der Waals surface area contributed by atoms with E-state index in [0.29, 0.717) is 0 Å². The molecular weight excluding hydrogens is 246 g/mol. The van der Waals surface area contributed by atoms with Crippen LogP contribution >= 0.6 is 0 Å². The second kappa shape index (κ2) is 6.58. The zero-order valence-corrected chi connectivity index (χ0v) is 12.8. The number of ether oxygens (including phenoxy) is 1. The highest BCUT2D eigenvalue weighted by molar-refractivity contribution is 5.34. The second-order valence-electron chi connectivity index (χ2n) is 5.49. The van der Waals surface area contributed by atoms with Gasteiger partial charge in [0.15, 0.2) is 0 Å². The van der Waals surface area contributed by atoms with E-state index in [0.717, 1.165) is 12.3 Å². The van der Waals surface area contributed by atoms with Crippen LogP contribution in [0.4, 0.5) is 0 Å². The van der Waals surface area contributed by atoms with Gasteiger partial charge in [-0.25, -0.2) is 0 Å². The van der Waals surface area contributed by atoms with Crippen molar-refractivity contribution < 1.29 is 4.74 Å². The molecule has 2 rings (SSSR count). The van der Waals surface area contributed by atoms with Crippen LogP contribution < -0.4 is 4.74 Å². The molecule has 1 unspecified atom stereocenters.